The first-order chi connectivity index (χ1) is 17.0. The van der Waals surface area contributed by atoms with E-state index in [4.69, 9.17) is 26.1 Å². The number of benzene rings is 1. The number of aryl methyl sites for hydroxylation is 1. The summed E-state index contributed by atoms with van der Waals surface area (Å²) in [5.41, 5.74) is 0.731. The number of thioether (sulfide) groups is 1. The number of aromatic nitrogens is 2. The molecule has 1 aliphatic rings. The van der Waals surface area contributed by atoms with Gasteiger partial charge in [-0.1, -0.05) is 48.3 Å². The molecule has 0 bridgehead atoms. The smallest absolute Gasteiger partial charge is 0.266 e. The van der Waals surface area contributed by atoms with E-state index in [2.05, 4.69) is 22.4 Å². The van der Waals surface area contributed by atoms with Crippen molar-refractivity contribution in [2.45, 2.75) is 26.3 Å². The summed E-state index contributed by atoms with van der Waals surface area (Å²) in [5, 5.41) is 12.0. The molecule has 12 heteroatoms. The number of nitrogens with one attached hydrogen (secondary N) is 1. The van der Waals surface area contributed by atoms with E-state index in [0.717, 1.165) is 23.4 Å². The van der Waals surface area contributed by atoms with Crippen LogP contribution in [0, 0.1) is 0 Å². The fraction of sp³-hybridized carbons (Fsp3) is 0.261. The summed E-state index contributed by atoms with van der Waals surface area (Å²) in [5.74, 6) is 0.942. The Hall–Kier alpha value is -3.22. The molecule has 182 valence electrons. The van der Waals surface area contributed by atoms with Crippen molar-refractivity contribution in [3.63, 3.8) is 0 Å². The summed E-state index contributed by atoms with van der Waals surface area (Å²) in [6.07, 6.45) is 5.08. The predicted octanol–water partition coefficient (Wildman–Crippen LogP) is 4.51. The molecule has 35 heavy (non-hydrogen) atoms. The fourth-order valence-electron chi connectivity index (χ4n) is 3.16. The maximum Gasteiger partial charge on any atom is 0.266 e. The van der Waals surface area contributed by atoms with Gasteiger partial charge >= 0.3 is 0 Å². The van der Waals surface area contributed by atoms with E-state index >= 15 is 0 Å². The highest BCUT2D eigenvalue weighted by atomic mass is 32.2. The first-order valence-corrected chi connectivity index (χ1v) is 12.7. The van der Waals surface area contributed by atoms with E-state index in [1.807, 2.05) is 0 Å². The number of thiocarbonyl (C=S) groups is 1. The van der Waals surface area contributed by atoms with Crippen LogP contribution in [-0.4, -0.2) is 44.9 Å². The van der Waals surface area contributed by atoms with Crippen molar-refractivity contribution in [1.82, 2.24) is 15.1 Å². The SMILES string of the molecule is CCCc1nnc(NC(=O)COc2ccc(/C=C3\SC(=S)N(Cc4ccco4)C3=O)cc2OC)s1. The number of rotatable bonds is 10. The van der Waals surface area contributed by atoms with Gasteiger partial charge in [-0.05, 0) is 42.3 Å². The number of carbonyl (C=O) groups is 2. The van der Waals surface area contributed by atoms with Gasteiger partial charge in [0.1, 0.15) is 15.1 Å². The zero-order valence-corrected chi connectivity index (χ0v) is 21.4. The van der Waals surface area contributed by atoms with Gasteiger partial charge in [-0.2, -0.15) is 0 Å². The molecule has 1 aromatic carbocycles. The number of nitrogens with zero attached hydrogens (tertiary/aromatic N) is 3. The summed E-state index contributed by atoms with van der Waals surface area (Å²) in [4.78, 5) is 27.1. The van der Waals surface area contributed by atoms with Crippen LogP contribution in [-0.2, 0) is 22.6 Å². The highest BCUT2D eigenvalue weighted by Crippen LogP contribution is 2.35. The van der Waals surface area contributed by atoms with Crippen molar-refractivity contribution in [1.29, 1.82) is 0 Å². The Bertz CT molecular complexity index is 1260. The molecule has 0 spiro atoms. The Morgan fingerprint density at radius 2 is 2.14 bits per heavy atom. The first kappa shape index (κ1) is 24.9. The molecule has 2 amide bonds. The predicted molar refractivity (Wildman–Crippen MR) is 138 cm³/mol. The summed E-state index contributed by atoms with van der Waals surface area (Å²) in [7, 11) is 1.51. The van der Waals surface area contributed by atoms with Crippen LogP contribution in [0.1, 0.15) is 29.7 Å². The molecular weight excluding hydrogens is 508 g/mol. The van der Waals surface area contributed by atoms with Crippen LogP contribution >= 0.6 is 35.3 Å². The van der Waals surface area contributed by atoms with Crippen LogP contribution in [0.15, 0.2) is 45.9 Å². The quantitative estimate of drug-likeness (QED) is 0.299. The number of anilines is 1. The zero-order chi connectivity index (χ0) is 24.8. The molecule has 9 nitrogen and oxygen atoms in total. The Balaban J connectivity index is 1.38. The number of amides is 2. The lowest BCUT2D eigenvalue weighted by atomic mass is 10.2. The van der Waals surface area contributed by atoms with Crippen LogP contribution in [0.4, 0.5) is 5.13 Å². The Morgan fingerprint density at radius 1 is 1.29 bits per heavy atom. The highest BCUT2D eigenvalue weighted by molar-refractivity contribution is 8.26. The Morgan fingerprint density at radius 3 is 2.89 bits per heavy atom. The standard InChI is InChI=1S/C23H22N4O5S3/c1-3-5-20-25-26-22(35-20)24-19(28)13-32-16-8-7-14(10-17(16)30-2)11-18-21(29)27(23(33)34-18)12-15-6-4-9-31-15/h4,6-11H,3,5,12-13H2,1-2H3,(H,24,26,28)/b18-11-. The molecule has 1 aliphatic heterocycles. The molecule has 1 N–H and O–H groups in total. The summed E-state index contributed by atoms with van der Waals surface area (Å²) < 4.78 is 16.9. The van der Waals surface area contributed by atoms with Crippen LogP contribution in [0.2, 0.25) is 0 Å². The number of ether oxygens (including phenoxy) is 2. The van der Waals surface area contributed by atoms with Crippen LogP contribution in [0.25, 0.3) is 6.08 Å². The number of hydrogen-bond acceptors (Lipinski definition) is 10. The van der Waals surface area contributed by atoms with E-state index in [9.17, 15) is 9.59 Å². The molecule has 1 fully saturated rings. The third kappa shape index (κ3) is 6.27. The number of furan rings is 1. The van der Waals surface area contributed by atoms with Crippen LogP contribution in [0.3, 0.4) is 0 Å². The second kappa shape index (κ2) is 11.5. The van der Waals surface area contributed by atoms with Gasteiger partial charge in [0.2, 0.25) is 5.13 Å². The Kier molecular flexibility index (Phi) is 8.16. The molecule has 0 atom stereocenters. The van der Waals surface area contributed by atoms with Crippen molar-refractivity contribution in [2.24, 2.45) is 0 Å². The molecule has 0 radical (unpaired) electrons. The first-order valence-electron chi connectivity index (χ1n) is 10.7. The maximum absolute atomic E-state index is 12.8. The lowest BCUT2D eigenvalue weighted by molar-refractivity contribution is -0.122. The van der Waals surface area contributed by atoms with Gasteiger partial charge < -0.3 is 13.9 Å². The second-order valence-corrected chi connectivity index (χ2v) is 10.1. The van der Waals surface area contributed by atoms with Gasteiger partial charge in [-0.15, -0.1) is 10.2 Å². The molecule has 0 saturated carbocycles. The molecule has 0 aliphatic carbocycles. The average molecular weight is 531 g/mol. The topological polar surface area (TPSA) is 107 Å². The van der Waals surface area contributed by atoms with E-state index in [1.165, 1.54) is 35.1 Å². The van der Waals surface area contributed by atoms with Gasteiger partial charge in [0.05, 0.1) is 24.8 Å². The van der Waals surface area contributed by atoms with E-state index < -0.39 is 0 Å². The molecular formula is C23H22N4O5S3. The number of carbonyl (C=O) groups excluding carboxylic acids is 2. The minimum atomic E-state index is -0.351. The van der Waals surface area contributed by atoms with Gasteiger partial charge in [0.25, 0.3) is 11.8 Å². The Labute approximate surface area is 215 Å². The zero-order valence-electron chi connectivity index (χ0n) is 19.0. The molecule has 2 aromatic heterocycles. The van der Waals surface area contributed by atoms with E-state index in [0.29, 0.717) is 31.6 Å². The molecule has 0 unspecified atom stereocenters. The third-order valence-electron chi connectivity index (χ3n) is 4.79. The van der Waals surface area contributed by atoms with E-state index in [-0.39, 0.29) is 25.0 Å². The van der Waals surface area contributed by atoms with E-state index in [1.54, 1.807) is 42.7 Å². The molecule has 3 heterocycles. The van der Waals surface area contributed by atoms with Gasteiger partial charge in [0, 0.05) is 6.42 Å². The van der Waals surface area contributed by atoms with Crippen LogP contribution in [0.5, 0.6) is 11.5 Å². The number of methoxy groups -OCH3 is 1. The summed E-state index contributed by atoms with van der Waals surface area (Å²) in [6, 6.07) is 8.75. The maximum atomic E-state index is 12.8. The minimum Gasteiger partial charge on any atom is -0.493 e. The average Bonchev–Trinajstić information content (AvgIpc) is 3.57. The van der Waals surface area contributed by atoms with Crippen molar-refractivity contribution >= 4 is 62.7 Å². The molecule has 1 saturated heterocycles. The summed E-state index contributed by atoms with van der Waals surface area (Å²) in [6.45, 7) is 2.12. The number of hydrogen-bond donors (Lipinski definition) is 1. The summed E-state index contributed by atoms with van der Waals surface area (Å²) >= 11 is 7.94. The lowest BCUT2D eigenvalue weighted by Gasteiger charge is -2.12. The monoisotopic (exact) mass is 530 g/mol. The molecule has 3 aromatic rings. The molecule has 4 rings (SSSR count). The third-order valence-corrected chi connectivity index (χ3v) is 7.07. The van der Waals surface area contributed by atoms with Gasteiger partial charge in [0.15, 0.2) is 18.1 Å². The normalized spacial score (nSPS) is 14.6. The van der Waals surface area contributed by atoms with Crippen molar-refractivity contribution in [2.75, 3.05) is 19.0 Å². The van der Waals surface area contributed by atoms with Crippen molar-refractivity contribution < 1.29 is 23.5 Å². The lowest BCUT2D eigenvalue weighted by Crippen LogP contribution is -2.27. The van der Waals surface area contributed by atoms with Crippen LogP contribution < -0.4 is 14.8 Å². The highest BCUT2D eigenvalue weighted by Gasteiger charge is 2.32. The van der Waals surface area contributed by atoms with Gasteiger partial charge in [-0.25, -0.2) is 0 Å². The van der Waals surface area contributed by atoms with Crippen molar-refractivity contribution in [3.8, 4) is 11.5 Å². The largest absolute Gasteiger partial charge is 0.493 e. The fourth-order valence-corrected chi connectivity index (χ4v) is 5.27. The minimum absolute atomic E-state index is 0.189. The second-order valence-electron chi connectivity index (χ2n) is 7.35. The van der Waals surface area contributed by atoms with Gasteiger partial charge in [-0.3, -0.25) is 19.8 Å². The van der Waals surface area contributed by atoms with Crippen molar-refractivity contribution in [3.05, 3.63) is 57.8 Å².